The van der Waals surface area contributed by atoms with Gasteiger partial charge in [-0.1, -0.05) is 240 Å². The number of aliphatic hydroxyl groups excluding tert-OH is 2. The molecule has 0 radical (unpaired) electrons. The van der Waals surface area contributed by atoms with Crippen LogP contribution in [0.2, 0.25) is 0 Å². The zero-order chi connectivity index (χ0) is 61.2. The molecule has 1 aliphatic rings. The lowest BCUT2D eigenvalue weighted by Crippen LogP contribution is -2.59. The fourth-order valence-corrected chi connectivity index (χ4v) is 11.9. The molecule has 0 unspecified atom stereocenters. The van der Waals surface area contributed by atoms with Gasteiger partial charge in [0, 0.05) is 11.3 Å². The molecule has 86 heavy (non-hydrogen) atoms. The monoisotopic (exact) mass is 1210 g/mol. The first-order chi connectivity index (χ1) is 42.2. The van der Waals surface area contributed by atoms with Crippen LogP contribution < -0.4 is 14.8 Å². The Bertz CT molecular complexity index is 2440. The van der Waals surface area contributed by atoms with Gasteiger partial charge in [-0.25, -0.2) is 9.59 Å². The third-order valence-electron chi connectivity index (χ3n) is 16.1. The van der Waals surface area contributed by atoms with Gasteiger partial charge in [-0.15, -0.1) is 0 Å². The van der Waals surface area contributed by atoms with E-state index in [2.05, 4.69) is 19.2 Å². The van der Waals surface area contributed by atoms with Crippen molar-refractivity contribution in [3.8, 4) is 11.5 Å². The fraction of sp³-hybridized carbons (Fsp3) is 0.597. The number of unbranched alkanes of at least 4 members (excludes halogenated alkanes) is 25. The minimum Gasteiger partial charge on any atom is -0.497 e. The summed E-state index contributed by atoms with van der Waals surface area (Å²) in [6.07, 6.45) is 31.4. The van der Waals surface area contributed by atoms with Gasteiger partial charge in [0.15, 0.2) is 0 Å². The Kier molecular flexibility index (Phi) is 36.8. The van der Waals surface area contributed by atoms with Crippen molar-refractivity contribution < 1.29 is 57.8 Å². The van der Waals surface area contributed by atoms with Crippen molar-refractivity contribution in [1.29, 1.82) is 0 Å². The van der Waals surface area contributed by atoms with Crippen LogP contribution in [-0.4, -0.2) is 97.5 Å². The number of thioether (sulfide) groups is 1. The third kappa shape index (κ3) is 27.9. The van der Waals surface area contributed by atoms with Crippen LogP contribution in [0.15, 0.2) is 120 Å². The van der Waals surface area contributed by atoms with Gasteiger partial charge in [0.2, 0.25) is 5.91 Å². The number of allylic oxidation sites excluding steroid dienone is 1. The zero-order valence-electron chi connectivity index (χ0n) is 52.5. The number of carbonyl (C=O) groups is 3. The molecule has 1 fully saturated rings. The summed E-state index contributed by atoms with van der Waals surface area (Å²) in [6.45, 7) is 3.93. The van der Waals surface area contributed by atoms with Gasteiger partial charge in [0.25, 0.3) is 0 Å². The van der Waals surface area contributed by atoms with Gasteiger partial charge in [-0.3, -0.25) is 4.79 Å². The molecular weight excluding hydrogens is 1100 g/mol. The van der Waals surface area contributed by atoms with Gasteiger partial charge in [-0.2, -0.15) is 0 Å². The van der Waals surface area contributed by atoms with E-state index >= 15 is 0 Å². The molecule has 0 aromatic heterocycles. The Morgan fingerprint density at radius 1 is 0.570 bits per heavy atom. The maximum Gasteiger partial charge on any atom is 0.339 e. The number of aliphatic hydroxyl groups is 2. The van der Waals surface area contributed by atoms with E-state index < -0.39 is 67.2 Å². The molecule has 13 nitrogen and oxygen atoms in total. The van der Waals surface area contributed by atoms with Crippen molar-refractivity contribution in [2.75, 3.05) is 27.4 Å². The lowest BCUT2D eigenvalue weighted by molar-refractivity contribution is -0.237. The van der Waals surface area contributed by atoms with Crippen LogP contribution in [0.1, 0.15) is 225 Å². The minimum absolute atomic E-state index is 0.0580. The molecule has 4 aromatic rings. The first-order valence-electron chi connectivity index (χ1n) is 32.8. The molecule has 5 rings (SSSR count). The molecule has 1 heterocycles. The average molecular weight is 1210 g/mol. The lowest BCUT2D eigenvalue weighted by Gasteiger charge is -2.44. The highest BCUT2D eigenvalue weighted by Gasteiger charge is 2.48. The van der Waals surface area contributed by atoms with Crippen LogP contribution in [0.5, 0.6) is 11.5 Å². The Morgan fingerprint density at radius 2 is 1.02 bits per heavy atom. The topological polar surface area (TPSA) is 168 Å². The molecule has 0 spiro atoms. The average Bonchev–Trinajstić information content (AvgIpc) is 3.72. The van der Waals surface area contributed by atoms with Crippen molar-refractivity contribution in [1.82, 2.24) is 5.32 Å². The summed E-state index contributed by atoms with van der Waals surface area (Å²) in [5.74, 6) is -0.486. The number of hydrogen-bond donors (Lipinski definition) is 3. The zero-order valence-corrected chi connectivity index (χ0v) is 53.3. The molecule has 3 N–H and O–H groups in total. The second-order valence-electron chi connectivity index (χ2n) is 23.0. The second kappa shape index (κ2) is 44.3. The second-order valence-corrected chi connectivity index (χ2v) is 24.2. The summed E-state index contributed by atoms with van der Waals surface area (Å²) in [6, 6.07) is 29.9. The number of ether oxygens (including phenoxy) is 7. The largest absolute Gasteiger partial charge is 0.497 e. The van der Waals surface area contributed by atoms with Gasteiger partial charge >= 0.3 is 11.9 Å². The van der Waals surface area contributed by atoms with E-state index in [-0.39, 0.29) is 30.2 Å². The van der Waals surface area contributed by atoms with Crippen LogP contribution >= 0.6 is 11.8 Å². The molecular formula is C72H105NO12S. The summed E-state index contributed by atoms with van der Waals surface area (Å²) >= 11 is 1.40. The SMILES string of the molecule is CCCCCCCCCCCCC/C=C/[C@@H](OC(=O)c1ccccc1C(=O)OC[C@H]1O[C@@H](Sc2ccccc2)[C@H](OCc2ccc(OC)cc2)[C@@H](OCc2ccc(OC)cc2)[C@@H]1O)[C@H](CO)NC(=O)CCCCCCCCCCCCCCCCC. The van der Waals surface area contributed by atoms with Crippen LogP contribution in [0.3, 0.4) is 0 Å². The molecule has 0 aliphatic carbocycles. The Hall–Kier alpha value is -5.22. The molecule has 1 aliphatic heterocycles. The van der Waals surface area contributed by atoms with E-state index in [0.29, 0.717) is 17.9 Å². The summed E-state index contributed by atoms with van der Waals surface area (Å²) in [4.78, 5) is 42.9. The molecule has 0 saturated carbocycles. The quantitative estimate of drug-likeness (QED) is 0.0217. The number of esters is 2. The van der Waals surface area contributed by atoms with Gasteiger partial charge in [0.05, 0.1) is 51.2 Å². The van der Waals surface area contributed by atoms with Crippen molar-refractivity contribution in [3.63, 3.8) is 0 Å². The third-order valence-corrected chi connectivity index (χ3v) is 17.2. The van der Waals surface area contributed by atoms with E-state index in [9.17, 15) is 24.6 Å². The smallest absolute Gasteiger partial charge is 0.339 e. The first-order valence-corrected chi connectivity index (χ1v) is 33.6. The van der Waals surface area contributed by atoms with E-state index in [1.807, 2.05) is 84.9 Å². The molecule has 7 atom stereocenters. The molecule has 1 saturated heterocycles. The van der Waals surface area contributed by atoms with Crippen LogP contribution in [0.4, 0.5) is 0 Å². The van der Waals surface area contributed by atoms with E-state index in [1.165, 1.54) is 146 Å². The number of methoxy groups -OCH3 is 2. The normalized spacial score (nSPS) is 17.5. The van der Waals surface area contributed by atoms with E-state index in [4.69, 9.17) is 33.2 Å². The predicted octanol–water partition coefficient (Wildman–Crippen LogP) is 16.4. The highest BCUT2D eigenvalue weighted by atomic mass is 32.2. The summed E-state index contributed by atoms with van der Waals surface area (Å²) < 4.78 is 42.7. The van der Waals surface area contributed by atoms with E-state index in [1.54, 1.807) is 32.4 Å². The first kappa shape index (κ1) is 71.5. The number of hydrogen-bond acceptors (Lipinski definition) is 13. The predicted molar refractivity (Wildman–Crippen MR) is 345 cm³/mol. The van der Waals surface area contributed by atoms with Gasteiger partial charge < -0.3 is 48.7 Å². The van der Waals surface area contributed by atoms with Crippen molar-refractivity contribution in [2.24, 2.45) is 0 Å². The van der Waals surface area contributed by atoms with Crippen LogP contribution in [0, 0.1) is 0 Å². The maximum absolute atomic E-state index is 14.4. The maximum atomic E-state index is 14.4. The van der Waals surface area contributed by atoms with Crippen LogP contribution in [-0.2, 0) is 41.7 Å². The van der Waals surface area contributed by atoms with Gasteiger partial charge in [0.1, 0.15) is 54.1 Å². The van der Waals surface area contributed by atoms with E-state index in [0.717, 1.165) is 67.4 Å². The van der Waals surface area contributed by atoms with Crippen LogP contribution in [0.25, 0.3) is 0 Å². The lowest BCUT2D eigenvalue weighted by atomic mass is 9.99. The molecule has 4 aromatic carbocycles. The number of nitrogens with one attached hydrogen (secondary N) is 1. The highest BCUT2D eigenvalue weighted by molar-refractivity contribution is 7.99. The Labute approximate surface area is 520 Å². The number of benzene rings is 4. The Balaban J connectivity index is 1.23. The number of carbonyl (C=O) groups excluding carboxylic acids is 3. The van der Waals surface area contributed by atoms with Crippen molar-refractivity contribution in [2.45, 2.75) is 254 Å². The molecule has 14 heteroatoms. The van der Waals surface area contributed by atoms with Gasteiger partial charge in [-0.05, 0) is 85.0 Å². The molecule has 1 amide bonds. The highest BCUT2D eigenvalue weighted by Crippen LogP contribution is 2.37. The summed E-state index contributed by atoms with van der Waals surface area (Å²) in [5, 5.41) is 25.9. The number of rotatable bonds is 47. The van der Waals surface area contributed by atoms with Crippen molar-refractivity contribution in [3.05, 3.63) is 138 Å². The summed E-state index contributed by atoms with van der Waals surface area (Å²) in [7, 11) is 3.21. The fourth-order valence-electron chi connectivity index (χ4n) is 10.8. The molecule has 476 valence electrons. The Morgan fingerprint density at radius 3 is 1.51 bits per heavy atom. The molecule has 0 bridgehead atoms. The standard InChI is InChI=1S/C72H105NO12S/c1-5-7-9-11-13-15-17-19-20-22-24-26-28-30-35-43-66(75)73-63(52-74)64(42-34-29-27-25-23-21-18-16-14-12-10-8-6-2)84-71(78)62-41-37-36-40-61(62)70(77)83-55-65-67(76)68(81-53-56-44-48-58(79-3)49-45-56)69(72(85-65)86-60-38-32-31-33-39-60)82-54-57-46-50-59(80-4)51-47-57/h31-34,36-42,44-51,63-65,67-69,72,74,76H,5-30,35,43,52-55H2,1-4H3,(H,73,75)/b42-34+/t63-,64+,65+,67+,68-,69+,72-/m0/s1. The summed E-state index contributed by atoms with van der Waals surface area (Å²) in [5.41, 5.74) is 0.844. The van der Waals surface area contributed by atoms with Crippen molar-refractivity contribution >= 4 is 29.6 Å². The number of amides is 1. The minimum atomic E-state index is -1.34.